The number of nitrogens with zero attached hydrogens (tertiary/aromatic N) is 2. The Morgan fingerprint density at radius 1 is 1.32 bits per heavy atom. The summed E-state index contributed by atoms with van der Waals surface area (Å²) in [5.41, 5.74) is 0.995. The molecule has 0 unspecified atom stereocenters. The number of nitro groups is 1. The Bertz CT molecular complexity index is 736. The zero-order valence-electron chi connectivity index (χ0n) is 11.6. The van der Waals surface area contributed by atoms with Crippen LogP contribution < -0.4 is 0 Å². The molecule has 0 aliphatic heterocycles. The molecule has 0 saturated heterocycles. The summed E-state index contributed by atoms with van der Waals surface area (Å²) in [5.74, 6) is -0.215. The topological polar surface area (TPSA) is 63.4 Å². The first kappa shape index (κ1) is 16.7. The molecule has 2 aromatic carbocycles. The number of rotatable bonds is 4. The van der Waals surface area contributed by atoms with Crippen molar-refractivity contribution in [3.8, 4) is 0 Å². The van der Waals surface area contributed by atoms with Crippen LogP contribution in [0.5, 0.6) is 0 Å². The van der Waals surface area contributed by atoms with Crippen LogP contribution in [0.25, 0.3) is 0 Å². The molecule has 5 nitrogen and oxygen atoms in total. The maximum absolute atomic E-state index is 12.4. The molecule has 0 bridgehead atoms. The van der Waals surface area contributed by atoms with Gasteiger partial charge in [-0.25, -0.2) is 0 Å². The Morgan fingerprint density at radius 2 is 2.00 bits per heavy atom. The van der Waals surface area contributed by atoms with Crippen LogP contribution in [0.4, 0.5) is 5.69 Å². The quantitative estimate of drug-likeness (QED) is 0.416. The average Bonchev–Trinajstić information content (AvgIpc) is 2.49. The van der Waals surface area contributed by atoms with Crippen molar-refractivity contribution in [1.82, 2.24) is 4.90 Å². The first-order chi connectivity index (χ1) is 10.4. The first-order valence-electron chi connectivity index (χ1n) is 6.33. The summed E-state index contributed by atoms with van der Waals surface area (Å²) in [6, 6.07) is 11.4. The van der Waals surface area contributed by atoms with Crippen LogP contribution in [0, 0.1) is 13.7 Å². The Hall–Kier alpha value is -1.67. The van der Waals surface area contributed by atoms with Crippen molar-refractivity contribution in [2.24, 2.45) is 0 Å². The van der Waals surface area contributed by atoms with E-state index in [-0.39, 0.29) is 18.1 Å². The number of hydrogen-bond donors (Lipinski definition) is 0. The summed E-state index contributed by atoms with van der Waals surface area (Å²) in [6.07, 6.45) is 0. The molecule has 2 aromatic rings. The van der Waals surface area contributed by atoms with Gasteiger partial charge in [0.15, 0.2) is 0 Å². The summed E-state index contributed by atoms with van der Waals surface area (Å²) >= 11 is 8.00. The van der Waals surface area contributed by atoms with Crippen LogP contribution in [0.1, 0.15) is 15.9 Å². The molecule has 0 fully saturated rings. The van der Waals surface area contributed by atoms with Crippen molar-refractivity contribution in [2.75, 3.05) is 7.05 Å². The number of halogens is 2. The monoisotopic (exact) mass is 430 g/mol. The Balaban J connectivity index is 2.22. The Kier molecular flexibility index (Phi) is 5.36. The Labute approximate surface area is 146 Å². The van der Waals surface area contributed by atoms with E-state index in [2.05, 4.69) is 22.6 Å². The third-order valence-electron chi connectivity index (χ3n) is 3.11. The predicted molar refractivity (Wildman–Crippen MR) is 93.1 cm³/mol. The highest BCUT2D eigenvalue weighted by Gasteiger charge is 2.18. The fourth-order valence-electron chi connectivity index (χ4n) is 2.00. The number of carbonyl (C=O) groups excluding carboxylic acids is 1. The van der Waals surface area contributed by atoms with Gasteiger partial charge < -0.3 is 4.90 Å². The third kappa shape index (κ3) is 3.75. The number of amides is 1. The van der Waals surface area contributed by atoms with Crippen LogP contribution in [-0.4, -0.2) is 22.8 Å². The van der Waals surface area contributed by atoms with Gasteiger partial charge in [0.2, 0.25) is 0 Å². The minimum absolute atomic E-state index is 0.00726. The molecule has 0 radical (unpaired) electrons. The van der Waals surface area contributed by atoms with Crippen molar-refractivity contribution in [2.45, 2.75) is 6.54 Å². The molecule has 22 heavy (non-hydrogen) atoms. The predicted octanol–water partition coefficient (Wildman–Crippen LogP) is 4.13. The van der Waals surface area contributed by atoms with Gasteiger partial charge in [-0.3, -0.25) is 14.9 Å². The molecule has 0 aliphatic carbocycles. The minimum atomic E-state index is -0.446. The normalized spacial score (nSPS) is 10.3. The molecule has 0 aliphatic rings. The smallest absolute Gasteiger partial charge is 0.274 e. The molecular weight excluding hydrogens is 419 g/mol. The van der Waals surface area contributed by atoms with Crippen molar-refractivity contribution in [3.05, 3.63) is 72.3 Å². The molecular formula is C15H12ClIN2O3. The van der Waals surface area contributed by atoms with Crippen LogP contribution >= 0.6 is 34.2 Å². The SMILES string of the molecule is CN(Cc1ccccc1[N+](=O)[O-])C(=O)c1ccc(Cl)c(I)c1. The van der Waals surface area contributed by atoms with E-state index < -0.39 is 4.92 Å². The number of benzene rings is 2. The van der Waals surface area contributed by atoms with Crippen molar-refractivity contribution in [3.63, 3.8) is 0 Å². The van der Waals surface area contributed by atoms with E-state index in [1.54, 1.807) is 43.4 Å². The van der Waals surface area contributed by atoms with Gasteiger partial charge >= 0.3 is 0 Å². The van der Waals surface area contributed by atoms with Gasteiger partial charge in [0.25, 0.3) is 11.6 Å². The van der Waals surface area contributed by atoms with E-state index in [9.17, 15) is 14.9 Å². The molecule has 0 N–H and O–H groups in total. The highest BCUT2D eigenvalue weighted by atomic mass is 127. The van der Waals surface area contributed by atoms with Crippen LogP contribution in [0.2, 0.25) is 5.02 Å². The first-order valence-corrected chi connectivity index (χ1v) is 7.78. The highest BCUT2D eigenvalue weighted by Crippen LogP contribution is 2.22. The molecule has 1 amide bonds. The van der Waals surface area contributed by atoms with Crippen molar-refractivity contribution in [1.29, 1.82) is 0 Å². The van der Waals surface area contributed by atoms with E-state index in [1.165, 1.54) is 11.0 Å². The minimum Gasteiger partial charge on any atom is -0.337 e. The maximum Gasteiger partial charge on any atom is 0.274 e. The van der Waals surface area contributed by atoms with Gasteiger partial charge in [-0.15, -0.1) is 0 Å². The summed E-state index contributed by atoms with van der Waals surface area (Å²) in [4.78, 5) is 24.4. The third-order valence-corrected chi connectivity index (χ3v) is 4.65. The molecule has 114 valence electrons. The standard InChI is InChI=1S/C15H12ClIN2O3/c1-18(9-11-4-2-3-5-14(11)19(21)22)15(20)10-6-7-12(16)13(17)8-10/h2-8H,9H2,1H3. The molecule has 7 heteroatoms. The molecule has 0 heterocycles. The van der Waals surface area contributed by atoms with Gasteiger partial charge in [-0.05, 0) is 40.8 Å². The summed E-state index contributed by atoms with van der Waals surface area (Å²) in [6.45, 7) is 0.162. The van der Waals surface area contributed by atoms with E-state index in [1.807, 2.05) is 0 Å². The number of carbonyl (C=O) groups is 1. The van der Waals surface area contributed by atoms with E-state index in [4.69, 9.17) is 11.6 Å². The lowest BCUT2D eigenvalue weighted by molar-refractivity contribution is -0.385. The molecule has 2 rings (SSSR count). The van der Waals surface area contributed by atoms with Gasteiger partial charge in [0.1, 0.15) is 0 Å². The van der Waals surface area contributed by atoms with Crippen LogP contribution in [-0.2, 0) is 6.54 Å². The van der Waals surface area contributed by atoms with E-state index >= 15 is 0 Å². The van der Waals surface area contributed by atoms with Crippen molar-refractivity contribution >= 4 is 45.8 Å². The fraction of sp³-hybridized carbons (Fsp3) is 0.133. The second-order valence-electron chi connectivity index (χ2n) is 4.68. The second kappa shape index (κ2) is 7.06. The molecule has 0 saturated carbocycles. The van der Waals surface area contributed by atoms with Crippen molar-refractivity contribution < 1.29 is 9.72 Å². The Morgan fingerprint density at radius 3 is 2.64 bits per heavy atom. The highest BCUT2D eigenvalue weighted by molar-refractivity contribution is 14.1. The number of para-hydroxylation sites is 1. The summed E-state index contributed by atoms with van der Waals surface area (Å²) < 4.78 is 0.782. The number of nitro benzene ring substituents is 1. The van der Waals surface area contributed by atoms with Crippen LogP contribution in [0.15, 0.2) is 42.5 Å². The zero-order chi connectivity index (χ0) is 16.3. The molecule has 0 aromatic heterocycles. The van der Waals surface area contributed by atoms with Gasteiger partial charge in [-0.1, -0.05) is 29.8 Å². The molecule has 0 atom stereocenters. The van der Waals surface area contributed by atoms with E-state index in [0.717, 1.165) is 3.57 Å². The van der Waals surface area contributed by atoms with Gasteiger partial charge in [-0.2, -0.15) is 0 Å². The summed E-state index contributed by atoms with van der Waals surface area (Å²) in [7, 11) is 1.61. The largest absolute Gasteiger partial charge is 0.337 e. The summed E-state index contributed by atoms with van der Waals surface area (Å²) in [5, 5.41) is 11.6. The lowest BCUT2D eigenvalue weighted by atomic mass is 10.1. The lowest BCUT2D eigenvalue weighted by Crippen LogP contribution is -2.26. The van der Waals surface area contributed by atoms with Gasteiger partial charge in [0.05, 0.1) is 16.5 Å². The van der Waals surface area contributed by atoms with E-state index in [0.29, 0.717) is 16.1 Å². The average molecular weight is 431 g/mol. The van der Waals surface area contributed by atoms with Gasteiger partial charge in [0, 0.05) is 27.8 Å². The fourth-order valence-corrected chi connectivity index (χ4v) is 2.63. The second-order valence-corrected chi connectivity index (χ2v) is 6.25. The molecule has 0 spiro atoms. The zero-order valence-corrected chi connectivity index (χ0v) is 14.5. The number of hydrogen-bond acceptors (Lipinski definition) is 3. The van der Waals surface area contributed by atoms with Crippen LogP contribution in [0.3, 0.4) is 0 Å². The maximum atomic E-state index is 12.4. The lowest BCUT2D eigenvalue weighted by Gasteiger charge is -2.17.